The minimum atomic E-state index is -0.0351. The average molecular weight is 216 g/mol. The van der Waals surface area contributed by atoms with Gasteiger partial charge in [0.05, 0.1) is 0 Å². The van der Waals surface area contributed by atoms with Crippen LogP contribution in [0.5, 0.6) is 0 Å². The molecule has 1 rings (SSSR count). The maximum Gasteiger partial charge on any atom is 0.189 e. The first-order chi connectivity index (χ1) is 7.74. The molecular formula is C14H16O2. The molecule has 0 heterocycles. The van der Waals surface area contributed by atoms with E-state index in [0.29, 0.717) is 29.6 Å². The molecule has 0 radical (unpaired) electrons. The van der Waals surface area contributed by atoms with Gasteiger partial charge in [0.1, 0.15) is 6.29 Å². The fraction of sp³-hybridized carbons (Fsp3) is 0.286. The molecule has 2 nitrogen and oxygen atoms in total. The molecule has 16 heavy (non-hydrogen) atoms. The highest BCUT2D eigenvalue weighted by atomic mass is 16.1. The Morgan fingerprint density at radius 1 is 1.12 bits per heavy atom. The summed E-state index contributed by atoms with van der Waals surface area (Å²) in [4.78, 5) is 23.0. The number of benzene rings is 1. The minimum Gasteiger partial charge on any atom is -0.298 e. The molecule has 0 fully saturated rings. The SMILES string of the molecule is CC/C(C=O)=C(/CC)C(=O)c1ccccc1. The Hall–Kier alpha value is -1.70. The lowest BCUT2D eigenvalue weighted by molar-refractivity contribution is -0.105. The fourth-order valence-electron chi connectivity index (χ4n) is 1.67. The number of Topliss-reactive ketones (excluding diaryl/α,β-unsaturated/α-hetero) is 1. The van der Waals surface area contributed by atoms with Crippen LogP contribution in [-0.2, 0) is 4.79 Å². The molecule has 1 aromatic rings. The molecule has 0 bridgehead atoms. The van der Waals surface area contributed by atoms with Gasteiger partial charge in [0, 0.05) is 11.1 Å². The van der Waals surface area contributed by atoms with Crippen molar-refractivity contribution in [2.75, 3.05) is 0 Å². The van der Waals surface area contributed by atoms with E-state index >= 15 is 0 Å². The zero-order valence-electron chi connectivity index (χ0n) is 9.69. The topological polar surface area (TPSA) is 34.1 Å². The number of carbonyl (C=O) groups excluding carboxylic acids is 2. The Morgan fingerprint density at radius 2 is 1.75 bits per heavy atom. The molecule has 0 unspecified atom stereocenters. The first-order valence-electron chi connectivity index (χ1n) is 5.51. The van der Waals surface area contributed by atoms with Crippen LogP contribution in [0.2, 0.25) is 0 Å². The lowest BCUT2D eigenvalue weighted by Crippen LogP contribution is -2.06. The van der Waals surface area contributed by atoms with Crippen LogP contribution in [0.25, 0.3) is 0 Å². The van der Waals surface area contributed by atoms with Crippen molar-refractivity contribution in [1.82, 2.24) is 0 Å². The number of allylic oxidation sites excluding steroid dienone is 2. The Balaban J connectivity index is 3.13. The van der Waals surface area contributed by atoms with Gasteiger partial charge in [-0.25, -0.2) is 0 Å². The van der Waals surface area contributed by atoms with Crippen LogP contribution in [0, 0.1) is 0 Å². The minimum absolute atomic E-state index is 0.0351. The van der Waals surface area contributed by atoms with Gasteiger partial charge < -0.3 is 0 Å². The largest absolute Gasteiger partial charge is 0.298 e. The second kappa shape index (κ2) is 6.01. The molecule has 0 N–H and O–H groups in total. The summed E-state index contributed by atoms with van der Waals surface area (Å²) in [6.07, 6.45) is 1.99. The summed E-state index contributed by atoms with van der Waals surface area (Å²) in [5.74, 6) is -0.0351. The summed E-state index contributed by atoms with van der Waals surface area (Å²) in [5, 5.41) is 0. The van der Waals surface area contributed by atoms with Gasteiger partial charge in [-0.1, -0.05) is 44.2 Å². The van der Waals surface area contributed by atoms with Crippen molar-refractivity contribution in [1.29, 1.82) is 0 Å². The Labute approximate surface area is 96.0 Å². The molecule has 0 aliphatic carbocycles. The summed E-state index contributed by atoms with van der Waals surface area (Å²) >= 11 is 0. The highest BCUT2D eigenvalue weighted by molar-refractivity contribution is 6.11. The third-order valence-electron chi connectivity index (χ3n) is 2.57. The third kappa shape index (κ3) is 2.66. The van der Waals surface area contributed by atoms with Gasteiger partial charge in [0.15, 0.2) is 5.78 Å². The zero-order valence-corrected chi connectivity index (χ0v) is 9.69. The van der Waals surface area contributed by atoms with Gasteiger partial charge in [-0.15, -0.1) is 0 Å². The van der Waals surface area contributed by atoms with Crippen LogP contribution in [0.3, 0.4) is 0 Å². The van der Waals surface area contributed by atoms with Gasteiger partial charge in [0.2, 0.25) is 0 Å². The van der Waals surface area contributed by atoms with Gasteiger partial charge in [-0.2, -0.15) is 0 Å². The second-order valence-corrected chi connectivity index (χ2v) is 3.52. The fourth-order valence-corrected chi connectivity index (χ4v) is 1.67. The van der Waals surface area contributed by atoms with Crippen molar-refractivity contribution in [2.24, 2.45) is 0 Å². The van der Waals surface area contributed by atoms with Crippen LogP contribution >= 0.6 is 0 Å². The van der Waals surface area contributed by atoms with Crippen molar-refractivity contribution in [3.8, 4) is 0 Å². The lowest BCUT2D eigenvalue weighted by Gasteiger charge is -2.07. The molecule has 0 saturated carbocycles. The second-order valence-electron chi connectivity index (χ2n) is 3.52. The van der Waals surface area contributed by atoms with Gasteiger partial charge >= 0.3 is 0 Å². The summed E-state index contributed by atoms with van der Waals surface area (Å²) in [6, 6.07) is 9.07. The molecule has 0 amide bonds. The summed E-state index contributed by atoms with van der Waals surface area (Å²) in [5.41, 5.74) is 1.88. The molecule has 0 spiro atoms. The molecule has 0 aliphatic rings. The molecule has 84 valence electrons. The van der Waals surface area contributed by atoms with Crippen LogP contribution in [0.1, 0.15) is 37.0 Å². The Morgan fingerprint density at radius 3 is 2.19 bits per heavy atom. The van der Waals surface area contributed by atoms with E-state index in [4.69, 9.17) is 0 Å². The van der Waals surface area contributed by atoms with Crippen molar-refractivity contribution < 1.29 is 9.59 Å². The van der Waals surface area contributed by atoms with Crippen molar-refractivity contribution in [3.63, 3.8) is 0 Å². The van der Waals surface area contributed by atoms with Gasteiger partial charge in [0.25, 0.3) is 0 Å². The number of ketones is 1. The maximum absolute atomic E-state index is 12.1. The van der Waals surface area contributed by atoms with Gasteiger partial charge in [-0.3, -0.25) is 9.59 Å². The molecule has 0 aromatic heterocycles. The van der Waals surface area contributed by atoms with Crippen molar-refractivity contribution >= 4 is 12.1 Å². The summed E-state index contributed by atoms with van der Waals surface area (Å²) in [7, 11) is 0. The smallest absolute Gasteiger partial charge is 0.189 e. The van der Waals surface area contributed by atoms with E-state index in [9.17, 15) is 9.59 Å². The van der Waals surface area contributed by atoms with E-state index in [1.165, 1.54) is 0 Å². The van der Waals surface area contributed by atoms with Crippen LogP contribution in [0.4, 0.5) is 0 Å². The Bertz CT molecular complexity index is 402. The van der Waals surface area contributed by atoms with Gasteiger partial charge in [-0.05, 0) is 18.4 Å². The van der Waals surface area contributed by atoms with Crippen LogP contribution < -0.4 is 0 Å². The predicted octanol–water partition coefficient (Wildman–Crippen LogP) is 3.18. The van der Waals surface area contributed by atoms with E-state index in [-0.39, 0.29) is 5.78 Å². The summed E-state index contributed by atoms with van der Waals surface area (Å²) < 4.78 is 0. The molecule has 1 aromatic carbocycles. The molecular weight excluding hydrogens is 200 g/mol. The Kier molecular flexibility index (Phi) is 4.65. The third-order valence-corrected chi connectivity index (χ3v) is 2.57. The quantitative estimate of drug-likeness (QED) is 0.430. The normalized spacial score (nSPS) is 11.9. The van der Waals surface area contributed by atoms with E-state index < -0.39 is 0 Å². The number of hydrogen-bond donors (Lipinski definition) is 0. The van der Waals surface area contributed by atoms with Crippen molar-refractivity contribution in [2.45, 2.75) is 26.7 Å². The van der Waals surface area contributed by atoms with Crippen LogP contribution in [0.15, 0.2) is 41.5 Å². The number of carbonyl (C=O) groups is 2. The van der Waals surface area contributed by atoms with Crippen LogP contribution in [-0.4, -0.2) is 12.1 Å². The zero-order chi connectivity index (χ0) is 12.0. The monoisotopic (exact) mass is 216 g/mol. The van der Waals surface area contributed by atoms with Crippen molar-refractivity contribution in [3.05, 3.63) is 47.0 Å². The van der Waals surface area contributed by atoms with E-state index in [1.807, 2.05) is 32.0 Å². The highest BCUT2D eigenvalue weighted by Crippen LogP contribution is 2.16. The lowest BCUT2D eigenvalue weighted by atomic mass is 9.96. The predicted molar refractivity (Wildman–Crippen MR) is 64.4 cm³/mol. The maximum atomic E-state index is 12.1. The average Bonchev–Trinajstić information content (AvgIpc) is 2.36. The number of rotatable bonds is 5. The van der Waals surface area contributed by atoms with E-state index in [0.717, 1.165) is 6.29 Å². The molecule has 0 atom stereocenters. The standard InChI is InChI=1S/C14H16O2/c1-3-11(10-15)13(4-2)14(16)12-8-6-5-7-9-12/h5-10H,3-4H2,1-2H3/b13-11+. The highest BCUT2D eigenvalue weighted by Gasteiger charge is 2.13. The number of aldehydes is 1. The van der Waals surface area contributed by atoms with E-state index in [1.54, 1.807) is 12.1 Å². The molecule has 0 aliphatic heterocycles. The molecule has 2 heteroatoms. The molecule has 0 saturated heterocycles. The summed E-state index contributed by atoms with van der Waals surface area (Å²) in [6.45, 7) is 3.78. The van der Waals surface area contributed by atoms with E-state index in [2.05, 4.69) is 0 Å². The first-order valence-corrected chi connectivity index (χ1v) is 5.51. The first kappa shape index (κ1) is 12.4. The number of hydrogen-bond acceptors (Lipinski definition) is 2.